The lowest BCUT2D eigenvalue weighted by atomic mass is 10.1. The quantitative estimate of drug-likeness (QED) is 0.633. The number of carbonyl (C=O) groups is 1. The van der Waals surface area contributed by atoms with Crippen molar-refractivity contribution in [2.24, 2.45) is 0 Å². The van der Waals surface area contributed by atoms with Crippen LogP contribution in [0, 0.1) is 0 Å². The minimum Gasteiger partial charge on any atom is -0.459 e. The number of rotatable bonds is 4. The molecule has 2 aliphatic heterocycles. The molecule has 3 rings (SSSR count). The van der Waals surface area contributed by atoms with E-state index < -0.39 is 24.5 Å². The van der Waals surface area contributed by atoms with Crippen LogP contribution in [0.3, 0.4) is 0 Å². The molecule has 5 atom stereocenters. The summed E-state index contributed by atoms with van der Waals surface area (Å²) in [5.41, 5.74) is 0.486. The van der Waals surface area contributed by atoms with Crippen LogP contribution in [0.5, 0.6) is 0 Å². The molecular weight excluding hydrogens is 264 g/mol. The zero-order chi connectivity index (χ0) is 14.1. The van der Waals surface area contributed by atoms with Gasteiger partial charge >= 0.3 is 5.97 Å². The van der Waals surface area contributed by atoms with Crippen LogP contribution in [0.15, 0.2) is 30.3 Å². The van der Waals surface area contributed by atoms with E-state index in [1.165, 1.54) is 7.11 Å². The topological polar surface area (TPSA) is 77.5 Å². The molecule has 0 saturated carbocycles. The van der Waals surface area contributed by atoms with E-state index in [1.54, 1.807) is 24.3 Å². The number of fused-ring (bicyclic) bond motifs is 1. The maximum Gasteiger partial charge on any atom is 0.338 e. The summed E-state index contributed by atoms with van der Waals surface area (Å²) in [7, 11) is 1.45. The van der Waals surface area contributed by atoms with Gasteiger partial charge in [-0.3, -0.25) is 0 Å². The third-order valence-corrected chi connectivity index (χ3v) is 3.47. The van der Waals surface area contributed by atoms with Crippen LogP contribution in [0.1, 0.15) is 10.4 Å². The highest BCUT2D eigenvalue weighted by molar-refractivity contribution is 5.89. The Hall–Kier alpha value is -1.47. The van der Waals surface area contributed by atoms with Gasteiger partial charge in [-0.1, -0.05) is 18.2 Å². The molecule has 1 N–H and O–H groups in total. The molecule has 0 radical (unpaired) electrons. The van der Waals surface area contributed by atoms with Gasteiger partial charge in [0.1, 0.15) is 31.0 Å². The van der Waals surface area contributed by atoms with Crippen molar-refractivity contribution >= 4 is 5.97 Å². The highest BCUT2D eigenvalue weighted by atomic mass is 16.7. The number of ether oxygens (including phenoxy) is 4. The summed E-state index contributed by atoms with van der Waals surface area (Å²) in [5, 5.41) is 9.77. The molecule has 2 saturated heterocycles. The van der Waals surface area contributed by atoms with E-state index in [-0.39, 0.29) is 18.8 Å². The van der Waals surface area contributed by atoms with Crippen LogP contribution >= 0.6 is 0 Å². The number of benzene rings is 1. The Labute approximate surface area is 116 Å². The van der Waals surface area contributed by atoms with Gasteiger partial charge in [0.15, 0.2) is 6.29 Å². The van der Waals surface area contributed by atoms with E-state index in [4.69, 9.17) is 18.9 Å². The molecule has 0 unspecified atom stereocenters. The summed E-state index contributed by atoms with van der Waals surface area (Å²) < 4.78 is 21.1. The zero-order valence-corrected chi connectivity index (χ0v) is 11.0. The van der Waals surface area contributed by atoms with E-state index >= 15 is 0 Å². The fourth-order valence-electron chi connectivity index (χ4n) is 2.34. The van der Waals surface area contributed by atoms with Gasteiger partial charge in [0.2, 0.25) is 0 Å². The predicted molar refractivity (Wildman–Crippen MR) is 67.1 cm³/mol. The zero-order valence-electron chi connectivity index (χ0n) is 11.0. The second-order valence-corrected chi connectivity index (χ2v) is 4.80. The van der Waals surface area contributed by atoms with Crippen LogP contribution < -0.4 is 0 Å². The van der Waals surface area contributed by atoms with E-state index in [0.717, 1.165) is 0 Å². The van der Waals surface area contributed by atoms with Crippen molar-refractivity contribution < 1.29 is 28.8 Å². The number of methoxy groups -OCH3 is 1. The summed E-state index contributed by atoms with van der Waals surface area (Å²) >= 11 is 0. The highest BCUT2D eigenvalue weighted by Crippen LogP contribution is 2.37. The minimum atomic E-state index is -0.800. The third kappa shape index (κ3) is 2.55. The van der Waals surface area contributed by atoms with Crippen LogP contribution in [0.2, 0.25) is 0 Å². The summed E-state index contributed by atoms with van der Waals surface area (Å²) in [6.45, 7) is 0.0709. The SMILES string of the molecule is CO[C@H]1O[C@H](COC(=O)c2ccccc2)[C@@H]2O[C@@H]2[C@H]1O. The number of aliphatic hydroxyl groups is 1. The van der Waals surface area contributed by atoms with Crippen LogP contribution in [-0.4, -0.2) is 55.5 Å². The minimum absolute atomic E-state index is 0.0709. The molecule has 0 bridgehead atoms. The molecule has 0 amide bonds. The molecule has 0 aromatic heterocycles. The lowest BCUT2D eigenvalue weighted by Crippen LogP contribution is -2.47. The second kappa shape index (κ2) is 5.49. The molecule has 6 nitrogen and oxygen atoms in total. The van der Waals surface area contributed by atoms with Crippen molar-refractivity contribution in [2.45, 2.75) is 30.7 Å². The third-order valence-electron chi connectivity index (χ3n) is 3.47. The van der Waals surface area contributed by atoms with Crippen molar-refractivity contribution in [1.82, 2.24) is 0 Å². The molecule has 2 aliphatic rings. The molecule has 6 heteroatoms. The van der Waals surface area contributed by atoms with Gasteiger partial charge in [0.05, 0.1) is 5.56 Å². The number of epoxide rings is 1. The second-order valence-electron chi connectivity index (χ2n) is 4.80. The number of aliphatic hydroxyl groups excluding tert-OH is 1. The van der Waals surface area contributed by atoms with Gasteiger partial charge in [0, 0.05) is 7.11 Å². The molecule has 1 aromatic rings. The first-order chi connectivity index (χ1) is 9.70. The van der Waals surface area contributed by atoms with Gasteiger partial charge in [0.25, 0.3) is 0 Å². The number of carbonyl (C=O) groups excluding carboxylic acids is 1. The monoisotopic (exact) mass is 280 g/mol. The lowest BCUT2D eigenvalue weighted by molar-refractivity contribution is -0.223. The molecule has 0 spiro atoms. The lowest BCUT2D eigenvalue weighted by Gasteiger charge is -2.29. The normalized spacial score (nSPS) is 35.2. The van der Waals surface area contributed by atoms with E-state index in [0.29, 0.717) is 5.56 Å². The van der Waals surface area contributed by atoms with Crippen LogP contribution in [0.25, 0.3) is 0 Å². The van der Waals surface area contributed by atoms with Gasteiger partial charge in [-0.2, -0.15) is 0 Å². The first kappa shape index (κ1) is 13.5. The van der Waals surface area contributed by atoms with Crippen LogP contribution in [0.4, 0.5) is 0 Å². The highest BCUT2D eigenvalue weighted by Gasteiger charge is 2.57. The van der Waals surface area contributed by atoms with Crippen molar-refractivity contribution in [2.75, 3.05) is 13.7 Å². The van der Waals surface area contributed by atoms with Gasteiger partial charge in [-0.05, 0) is 12.1 Å². The maximum absolute atomic E-state index is 11.8. The molecule has 1 aromatic carbocycles. The van der Waals surface area contributed by atoms with Crippen LogP contribution in [-0.2, 0) is 18.9 Å². The summed E-state index contributed by atoms with van der Waals surface area (Å²) in [4.78, 5) is 11.8. The Morgan fingerprint density at radius 2 is 2.00 bits per heavy atom. The smallest absolute Gasteiger partial charge is 0.338 e. The Kier molecular flexibility index (Phi) is 3.71. The number of hydrogen-bond donors (Lipinski definition) is 1. The molecule has 108 valence electrons. The summed E-state index contributed by atoms with van der Waals surface area (Å²) in [5.74, 6) is -0.411. The Balaban J connectivity index is 1.55. The molecular formula is C14H16O6. The van der Waals surface area contributed by atoms with E-state index in [2.05, 4.69) is 0 Å². The van der Waals surface area contributed by atoms with E-state index in [1.807, 2.05) is 6.07 Å². The van der Waals surface area contributed by atoms with Gasteiger partial charge < -0.3 is 24.1 Å². The Bertz CT molecular complexity index is 476. The van der Waals surface area contributed by atoms with Crippen molar-refractivity contribution in [3.63, 3.8) is 0 Å². The largest absolute Gasteiger partial charge is 0.459 e. The standard InChI is InChI=1S/C14H16O6/c1-17-14-10(15)12-11(20-12)9(19-14)7-18-13(16)8-5-3-2-4-6-8/h2-6,9-12,14-15H,7H2,1H3/t9-,10-,11+,12-,14+/m1/s1. The molecule has 0 aliphatic carbocycles. The maximum atomic E-state index is 11.8. The van der Waals surface area contributed by atoms with Gasteiger partial charge in [-0.15, -0.1) is 0 Å². The van der Waals surface area contributed by atoms with Crippen molar-refractivity contribution in [3.05, 3.63) is 35.9 Å². The Morgan fingerprint density at radius 1 is 1.25 bits per heavy atom. The predicted octanol–water partition coefficient (Wildman–Crippen LogP) is 0.343. The average Bonchev–Trinajstić information content (AvgIpc) is 3.28. The van der Waals surface area contributed by atoms with E-state index in [9.17, 15) is 9.90 Å². The number of hydrogen-bond acceptors (Lipinski definition) is 6. The molecule has 2 fully saturated rings. The summed E-state index contributed by atoms with van der Waals surface area (Å²) in [6, 6.07) is 8.73. The van der Waals surface area contributed by atoms with Gasteiger partial charge in [-0.25, -0.2) is 4.79 Å². The summed E-state index contributed by atoms with van der Waals surface area (Å²) in [6.07, 6.45) is -2.50. The Morgan fingerprint density at radius 3 is 2.70 bits per heavy atom. The van der Waals surface area contributed by atoms with Crippen molar-refractivity contribution in [1.29, 1.82) is 0 Å². The fraction of sp³-hybridized carbons (Fsp3) is 0.500. The average molecular weight is 280 g/mol. The fourth-order valence-corrected chi connectivity index (χ4v) is 2.34. The molecule has 2 heterocycles. The van der Waals surface area contributed by atoms with Crippen molar-refractivity contribution in [3.8, 4) is 0 Å². The first-order valence-electron chi connectivity index (χ1n) is 6.44. The first-order valence-corrected chi connectivity index (χ1v) is 6.44. The molecule has 20 heavy (non-hydrogen) atoms. The number of esters is 1.